The standard InChI is InChI=1S/C21H16BrClN3O2/c22-13-1-3-17-15(11-13)21(20(28)25-17)5-7-26(8-6-21)19(27)18-10-12-9-14(23)2-4-16(12)24-18/h1-4,9-11H,5-8H2,(H,25,28). The Morgan fingerprint density at radius 2 is 1.96 bits per heavy atom. The number of likely N-dealkylation sites (tertiary alicyclic amines) is 1. The molecule has 28 heavy (non-hydrogen) atoms. The molecule has 5 rings (SSSR count). The van der Waals surface area contributed by atoms with Crippen LogP contribution in [0.2, 0.25) is 5.02 Å². The summed E-state index contributed by atoms with van der Waals surface area (Å²) in [5.41, 5.74) is 3.37. The lowest BCUT2D eigenvalue weighted by Gasteiger charge is -2.38. The highest BCUT2D eigenvalue weighted by Crippen LogP contribution is 2.46. The number of fused-ring (bicyclic) bond motifs is 3. The first-order valence-corrected chi connectivity index (χ1v) is 10.3. The normalized spacial score (nSPS) is 19.0. The van der Waals surface area contributed by atoms with Gasteiger partial charge in [-0.1, -0.05) is 27.5 Å². The summed E-state index contributed by atoms with van der Waals surface area (Å²) in [5.74, 6) is -0.0745. The van der Waals surface area contributed by atoms with Crippen molar-refractivity contribution in [3.63, 3.8) is 0 Å². The molecule has 2 aromatic rings. The Balaban J connectivity index is 1.35. The first-order valence-electron chi connectivity index (χ1n) is 9.10. The lowest BCUT2D eigenvalue weighted by molar-refractivity contribution is -0.132. The Bertz CT molecular complexity index is 1060. The average molecular weight is 458 g/mol. The molecule has 2 aromatic carbocycles. The molecule has 3 heterocycles. The summed E-state index contributed by atoms with van der Waals surface area (Å²) in [5, 5.41) is 8.06. The molecule has 1 radical (unpaired) electrons. The van der Waals surface area contributed by atoms with Crippen LogP contribution in [0, 0.1) is 0 Å². The fourth-order valence-corrected chi connectivity index (χ4v) is 4.84. The van der Waals surface area contributed by atoms with E-state index < -0.39 is 5.41 Å². The highest BCUT2D eigenvalue weighted by Gasteiger charge is 2.49. The van der Waals surface area contributed by atoms with Gasteiger partial charge in [-0.3, -0.25) is 9.59 Å². The minimum atomic E-state index is -0.562. The minimum Gasteiger partial charge on any atom is -0.337 e. The molecule has 0 saturated carbocycles. The van der Waals surface area contributed by atoms with E-state index in [0.717, 1.165) is 27.0 Å². The highest BCUT2D eigenvalue weighted by molar-refractivity contribution is 9.10. The van der Waals surface area contributed by atoms with E-state index in [9.17, 15) is 9.59 Å². The van der Waals surface area contributed by atoms with Crippen LogP contribution in [0.5, 0.6) is 0 Å². The molecule has 0 atom stereocenters. The van der Waals surface area contributed by atoms with E-state index >= 15 is 0 Å². The molecule has 3 aliphatic heterocycles. The number of carbonyl (C=O) groups is 2. The van der Waals surface area contributed by atoms with Gasteiger partial charge >= 0.3 is 0 Å². The van der Waals surface area contributed by atoms with E-state index in [1.54, 1.807) is 17.0 Å². The maximum absolute atomic E-state index is 13.0. The number of carbonyl (C=O) groups excluding carboxylic acids is 2. The van der Waals surface area contributed by atoms with Gasteiger partial charge in [-0.2, -0.15) is 0 Å². The smallest absolute Gasteiger partial charge is 0.272 e. The Kier molecular flexibility index (Phi) is 4.03. The van der Waals surface area contributed by atoms with E-state index in [1.165, 1.54) is 0 Å². The molecule has 1 N–H and O–H groups in total. The molecule has 1 fully saturated rings. The fourth-order valence-electron chi connectivity index (χ4n) is 4.30. The van der Waals surface area contributed by atoms with Crippen LogP contribution in [-0.4, -0.2) is 29.8 Å². The topological polar surface area (TPSA) is 63.5 Å². The minimum absolute atomic E-state index is 0.0273. The van der Waals surface area contributed by atoms with Gasteiger partial charge in [0.25, 0.3) is 5.91 Å². The maximum Gasteiger partial charge on any atom is 0.272 e. The van der Waals surface area contributed by atoms with Gasteiger partial charge in [-0.05, 0) is 60.9 Å². The van der Waals surface area contributed by atoms with Crippen molar-refractivity contribution >= 4 is 56.8 Å². The van der Waals surface area contributed by atoms with Crippen molar-refractivity contribution in [2.24, 2.45) is 0 Å². The second kappa shape index (κ2) is 6.36. The first kappa shape index (κ1) is 17.8. The largest absolute Gasteiger partial charge is 0.337 e. The van der Waals surface area contributed by atoms with Crippen molar-refractivity contribution in [1.82, 2.24) is 10.2 Å². The molecular weight excluding hydrogens is 442 g/mol. The molecule has 0 bridgehead atoms. The Morgan fingerprint density at radius 3 is 2.75 bits per heavy atom. The number of piperidine rings is 1. The van der Waals surface area contributed by atoms with Crippen molar-refractivity contribution < 1.29 is 9.59 Å². The number of hydrogen-bond donors (Lipinski definition) is 1. The van der Waals surface area contributed by atoms with Crippen molar-refractivity contribution in [1.29, 1.82) is 0 Å². The first-order chi connectivity index (χ1) is 13.5. The Labute approximate surface area is 175 Å². The number of nitrogens with zero attached hydrogens (tertiary/aromatic N) is 2. The summed E-state index contributed by atoms with van der Waals surface area (Å²) >= 11 is 9.53. The lowest BCUT2D eigenvalue weighted by Crippen LogP contribution is -2.48. The number of hydrogen-bond acceptors (Lipinski definition) is 2. The van der Waals surface area contributed by atoms with Crippen LogP contribution in [0.25, 0.3) is 6.08 Å². The summed E-state index contributed by atoms with van der Waals surface area (Å²) in [6.07, 6.45) is 2.97. The van der Waals surface area contributed by atoms with Crippen LogP contribution in [-0.2, 0) is 15.0 Å². The monoisotopic (exact) mass is 456 g/mol. The number of halogens is 2. The van der Waals surface area contributed by atoms with Gasteiger partial charge in [0.05, 0.1) is 11.1 Å². The highest BCUT2D eigenvalue weighted by atomic mass is 79.9. The van der Waals surface area contributed by atoms with E-state index in [0.29, 0.717) is 36.7 Å². The molecule has 7 heteroatoms. The van der Waals surface area contributed by atoms with Gasteiger partial charge in [-0.25, -0.2) is 5.32 Å². The summed E-state index contributed by atoms with van der Waals surface area (Å²) in [4.78, 5) is 27.5. The van der Waals surface area contributed by atoms with Gasteiger partial charge in [0.2, 0.25) is 5.91 Å². The zero-order valence-corrected chi connectivity index (χ0v) is 17.2. The van der Waals surface area contributed by atoms with Gasteiger partial charge in [0.15, 0.2) is 0 Å². The summed E-state index contributed by atoms with van der Waals surface area (Å²) in [7, 11) is 0. The van der Waals surface area contributed by atoms with Crippen LogP contribution < -0.4 is 10.6 Å². The van der Waals surface area contributed by atoms with Gasteiger partial charge in [0, 0.05) is 33.8 Å². The zero-order chi connectivity index (χ0) is 19.5. The predicted molar refractivity (Wildman–Crippen MR) is 111 cm³/mol. The number of amides is 2. The van der Waals surface area contributed by atoms with Crippen molar-refractivity contribution in [2.75, 3.05) is 18.4 Å². The van der Waals surface area contributed by atoms with Crippen LogP contribution in [0.1, 0.15) is 24.0 Å². The van der Waals surface area contributed by atoms with Crippen LogP contribution in [0.15, 0.2) is 46.6 Å². The third-order valence-corrected chi connectivity index (χ3v) is 6.55. The fraction of sp³-hybridized carbons (Fsp3) is 0.238. The average Bonchev–Trinajstić information content (AvgIpc) is 3.22. The summed E-state index contributed by atoms with van der Waals surface area (Å²) < 4.78 is 0.951. The maximum atomic E-state index is 13.0. The number of anilines is 1. The van der Waals surface area contributed by atoms with Gasteiger partial charge in [-0.15, -0.1) is 0 Å². The number of rotatable bonds is 1. The molecule has 0 aliphatic carbocycles. The third kappa shape index (κ3) is 2.66. The van der Waals surface area contributed by atoms with E-state index in [4.69, 9.17) is 11.6 Å². The van der Waals surface area contributed by atoms with E-state index in [2.05, 4.69) is 26.6 Å². The summed E-state index contributed by atoms with van der Waals surface area (Å²) in [6.45, 7) is 1.03. The molecule has 1 saturated heterocycles. The quantitative estimate of drug-likeness (QED) is 0.697. The van der Waals surface area contributed by atoms with E-state index in [1.807, 2.05) is 30.3 Å². The van der Waals surface area contributed by atoms with Crippen LogP contribution in [0.4, 0.5) is 11.4 Å². The predicted octanol–water partition coefficient (Wildman–Crippen LogP) is 4.21. The molecule has 141 valence electrons. The lowest BCUT2D eigenvalue weighted by atomic mass is 9.73. The van der Waals surface area contributed by atoms with Gasteiger partial charge in [0.1, 0.15) is 5.70 Å². The van der Waals surface area contributed by atoms with Crippen molar-refractivity contribution in [2.45, 2.75) is 18.3 Å². The molecule has 1 spiro atoms. The molecular formula is C21H16BrClN3O2. The zero-order valence-electron chi connectivity index (χ0n) is 14.8. The molecule has 2 amide bonds. The Morgan fingerprint density at radius 1 is 1.18 bits per heavy atom. The second-order valence-corrected chi connectivity index (χ2v) is 8.71. The summed E-state index contributed by atoms with van der Waals surface area (Å²) in [6, 6.07) is 11.3. The molecule has 0 aromatic heterocycles. The molecule has 3 aliphatic rings. The van der Waals surface area contributed by atoms with E-state index in [-0.39, 0.29) is 11.8 Å². The SMILES string of the molecule is O=C(C1=Cc2cc(Cl)ccc2[N]1)N1CCC2(CC1)C(=O)Nc1ccc(Br)cc12. The number of benzene rings is 2. The third-order valence-electron chi connectivity index (χ3n) is 5.83. The molecule has 5 nitrogen and oxygen atoms in total. The molecule has 0 unspecified atom stereocenters. The second-order valence-electron chi connectivity index (χ2n) is 7.36. The number of nitrogens with one attached hydrogen (secondary N) is 1. The van der Waals surface area contributed by atoms with Crippen molar-refractivity contribution in [3.05, 3.63) is 62.7 Å². The van der Waals surface area contributed by atoms with Crippen LogP contribution >= 0.6 is 27.5 Å². The van der Waals surface area contributed by atoms with Crippen molar-refractivity contribution in [3.8, 4) is 0 Å². The van der Waals surface area contributed by atoms with Gasteiger partial charge < -0.3 is 10.2 Å². The van der Waals surface area contributed by atoms with Crippen LogP contribution in [0.3, 0.4) is 0 Å². The Hall–Kier alpha value is -2.31.